The highest BCUT2D eigenvalue weighted by Crippen LogP contribution is 2.52. The van der Waals surface area contributed by atoms with Gasteiger partial charge in [-0.1, -0.05) is 25.0 Å². The van der Waals surface area contributed by atoms with Crippen molar-refractivity contribution in [2.24, 2.45) is 28.8 Å². The molecule has 5 heteroatoms. The zero-order chi connectivity index (χ0) is 18.0. The van der Waals surface area contributed by atoms with E-state index in [9.17, 15) is 9.59 Å². The summed E-state index contributed by atoms with van der Waals surface area (Å²) in [4.78, 5) is 25.5. The Morgan fingerprint density at radius 2 is 1.65 bits per heavy atom. The maximum absolute atomic E-state index is 12.7. The summed E-state index contributed by atoms with van der Waals surface area (Å²) in [6, 6.07) is 2.70. The average molecular weight is 351 g/mol. The fourth-order valence-corrected chi connectivity index (χ4v) is 5.78. The van der Waals surface area contributed by atoms with Gasteiger partial charge in [-0.15, -0.1) is 0 Å². The highest BCUT2D eigenvalue weighted by atomic mass is 16.2. The third-order valence-corrected chi connectivity index (χ3v) is 6.97. The quantitative estimate of drug-likeness (QED) is 0.476. The summed E-state index contributed by atoms with van der Waals surface area (Å²) >= 11 is 0. The van der Waals surface area contributed by atoms with Crippen molar-refractivity contribution >= 4 is 18.0 Å². The first-order chi connectivity index (χ1) is 12.6. The highest BCUT2D eigenvalue weighted by molar-refractivity contribution is 6.06. The van der Waals surface area contributed by atoms with Crippen LogP contribution in [0.5, 0.6) is 0 Å². The SMILES string of the molecule is Cc1cc(C=NN2C(=O)[C@@H]3[C@H](C2=O)[C@H]2C=C[C@H]3C2)c(C)n1C1CCCC1. The van der Waals surface area contributed by atoms with Gasteiger partial charge in [-0.3, -0.25) is 9.59 Å². The summed E-state index contributed by atoms with van der Waals surface area (Å²) in [5.74, 6) is -0.125. The number of hydrazone groups is 1. The van der Waals surface area contributed by atoms with Crippen LogP contribution in [-0.2, 0) is 9.59 Å². The number of rotatable bonds is 3. The van der Waals surface area contributed by atoms with Gasteiger partial charge in [0, 0.05) is 23.0 Å². The number of amides is 2. The van der Waals surface area contributed by atoms with Crippen LogP contribution in [0.25, 0.3) is 0 Å². The molecule has 5 rings (SSSR count). The summed E-state index contributed by atoms with van der Waals surface area (Å²) in [6.07, 6.45) is 11.9. The van der Waals surface area contributed by atoms with Gasteiger partial charge in [-0.2, -0.15) is 10.1 Å². The van der Waals surface area contributed by atoms with Crippen LogP contribution >= 0.6 is 0 Å². The Hall–Kier alpha value is -2.17. The predicted octanol–water partition coefficient (Wildman–Crippen LogP) is 3.36. The van der Waals surface area contributed by atoms with E-state index in [0.29, 0.717) is 6.04 Å². The van der Waals surface area contributed by atoms with Crippen molar-refractivity contribution in [3.63, 3.8) is 0 Å². The molecule has 3 aliphatic carbocycles. The number of carbonyl (C=O) groups excluding carboxylic acids is 2. The van der Waals surface area contributed by atoms with E-state index in [1.54, 1.807) is 6.21 Å². The van der Waals surface area contributed by atoms with E-state index in [1.165, 1.54) is 37.1 Å². The fourth-order valence-electron chi connectivity index (χ4n) is 5.78. The Kier molecular flexibility index (Phi) is 3.49. The highest BCUT2D eigenvalue weighted by Gasteiger charge is 2.59. The molecule has 1 aromatic rings. The summed E-state index contributed by atoms with van der Waals surface area (Å²) in [6.45, 7) is 4.24. The second-order valence-corrected chi connectivity index (χ2v) is 8.37. The largest absolute Gasteiger partial charge is 0.345 e. The molecule has 0 aromatic carbocycles. The van der Waals surface area contributed by atoms with Crippen molar-refractivity contribution in [3.05, 3.63) is 35.2 Å². The molecule has 0 N–H and O–H groups in total. The molecule has 2 saturated carbocycles. The minimum atomic E-state index is -0.180. The molecule has 4 atom stereocenters. The van der Waals surface area contributed by atoms with Gasteiger partial charge in [0.15, 0.2) is 0 Å². The molecule has 1 aromatic heterocycles. The van der Waals surface area contributed by atoms with Crippen molar-refractivity contribution in [3.8, 4) is 0 Å². The number of nitrogens with zero attached hydrogens (tertiary/aromatic N) is 3. The monoisotopic (exact) mass is 351 g/mol. The number of hydrogen-bond acceptors (Lipinski definition) is 3. The zero-order valence-electron chi connectivity index (χ0n) is 15.4. The molecular weight excluding hydrogens is 326 g/mol. The van der Waals surface area contributed by atoms with Crippen molar-refractivity contribution < 1.29 is 9.59 Å². The summed E-state index contributed by atoms with van der Waals surface area (Å²) in [5, 5.41) is 5.49. The van der Waals surface area contributed by atoms with E-state index in [0.717, 1.165) is 17.0 Å². The van der Waals surface area contributed by atoms with Gasteiger partial charge in [0.25, 0.3) is 11.8 Å². The molecule has 5 nitrogen and oxygen atoms in total. The van der Waals surface area contributed by atoms with Gasteiger partial charge in [0.2, 0.25) is 0 Å². The third-order valence-electron chi connectivity index (χ3n) is 6.97. The molecule has 1 aliphatic heterocycles. The fraction of sp³-hybridized carbons (Fsp3) is 0.571. The molecule has 136 valence electrons. The topological polar surface area (TPSA) is 54.7 Å². The van der Waals surface area contributed by atoms with Crippen molar-refractivity contribution in [1.29, 1.82) is 0 Å². The number of aryl methyl sites for hydroxylation is 1. The molecule has 4 aliphatic rings. The molecule has 3 fully saturated rings. The minimum absolute atomic E-state index is 0.113. The Balaban J connectivity index is 1.40. The Bertz CT molecular complexity index is 814. The molecular formula is C21H25N3O2. The molecule has 0 unspecified atom stereocenters. The lowest BCUT2D eigenvalue weighted by Crippen LogP contribution is -2.28. The van der Waals surface area contributed by atoms with Gasteiger partial charge in [0.1, 0.15) is 0 Å². The molecule has 0 radical (unpaired) electrons. The van der Waals surface area contributed by atoms with E-state index in [4.69, 9.17) is 0 Å². The van der Waals surface area contributed by atoms with Crippen LogP contribution in [0.1, 0.15) is 55.1 Å². The Morgan fingerprint density at radius 1 is 1.04 bits per heavy atom. The molecule has 1 saturated heterocycles. The van der Waals surface area contributed by atoms with Gasteiger partial charge in [-0.05, 0) is 51.0 Å². The van der Waals surface area contributed by atoms with Gasteiger partial charge in [0.05, 0.1) is 18.1 Å². The smallest absolute Gasteiger partial charge is 0.254 e. The second-order valence-electron chi connectivity index (χ2n) is 8.37. The average Bonchev–Trinajstić information content (AvgIpc) is 3.40. The first-order valence-electron chi connectivity index (χ1n) is 9.85. The number of fused-ring (bicyclic) bond motifs is 5. The van der Waals surface area contributed by atoms with Crippen molar-refractivity contribution in [2.75, 3.05) is 0 Å². The Labute approximate surface area is 153 Å². The van der Waals surface area contributed by atoms with E-state index in [-0.39, 0.29) is 35.5 Å². The van der Waals surface area contributed by atoms with E-state index < -0.39 is 0 Å². The first-order valence-corrected chi connectivity index (χ1v) is 9.85. The summed E-state index contributed by atoms with van der Waals surface area (Å²) in [7, 11) is 0. The van der Waals surface area contributed by atoms with E-state index in [1.807, 2.05) is 0 Å². The van der Waals surface area contributed by atoms with Crippen LogP contribution in [0, 0.1) is 37.5 Å². The Morgan fingerprint density at radius 3 is 2.27 bits per heavy atom. The lowest BCUT2D eigenvalue weighted by atomic mass is 9.85. The minimum Gasteiger partial charge on any atom is -0.345 e. The van der Waals surface area contributed by atoms with E-state index in [2.05, 4.69) is 41.7 Å². The zero-order valence-corrected chi connectivity index (χ0v) is 15.4. The predicted molar refractivity (Wildman–Crippen MR) is 98.6 cm³/mol. The lowest BCUT2D eigenvalue weighted by molar-refractivity contribution is -0.140. The maximum Gasteiger partial charge on any atom is 0.254 e. The summed E-state index contributed by atoms with van der Waals surface area (Å²) in [5.41, 5.74) is 3.42. The maximum atomic E-state index is 12.7. The molecule has 2 amide bonds. The number of imide groups is 1. The van der Waals surface area contributed by atoms with Crippen LogP contribution in [0.15, 0.2) is 23.3 Å². The van der Waals surface area contributed by atoms with Crippen LogP contribution < -0.4 is 0 Å². The van der Waals surface area contributed by atoms with Crippen molar-refractivity contribution in [1.82, 2.24) is 9.58 Å². The molecule has 2 heterocycles. The van der Waals surface area contributed by atoms with Crippen molar-refractivity contribution in [2.45, 2.75) is 52.0 Å². The second kappa shape index (κ2) is 5.66. The van der Waals surface area contributed by atoms with Crippen LogP contribution in [-0.4, -0.2) is 27.6 Å². The number of carbonyl (C=O) groups is 2. The van der Waals surface area contributed by atoms with Gasteiger partial charge in [-0.25, -0.2) is 0 Å². The number of allylic oxidation sites excluding steroid dienone is 2. The van der Waals surface area contributed by atoms with E-state index >= 15 is 0 Å². The number of aromatic nitrogens is 1. The van der Waals surface area contributed by atoms with Gasteiger partial charge < -0.3 is 4.57 Å². The summed E-state index contributed by atoms with van der Waals surface area (Å²) < 4.78 is 2.40. The molecule has 2 bridgehead atoms. The lowest BCUT2D eigenvalue weighted by Gasteiger charge is -2.17. The molecule has 26 heavy (non-hydrogen) atoms. The van der Waals surface area contributed by atoms with Gasteiger partial charge >= 0.3 is 0 Å². The van der Waals surface area contributed by atoms with Crippen LogP contribution in [0.3, 0.4) is 0 Å². The number of hydrogen-bond donors (Lipinski definition) is 0. The standard InChI is InChI=1S/C21H25N3O2/c1-12-9-16(13(2)23(12)17-5-3-4-6-17)11-22-24-20(25)18-14-7-8-15(10-14)19(18)21(24)26/h7-9,11,14-15,17-19H,3-6,10H2,1-2H3/t14-,15-,18-,19+/m0/s1. The normalized spacial score (nSPS) is 33.4. The molecule has 0 spiro atoms. The van der Waals surface area contributed by atoms with Crippen LogP contribution in [0.4, 0.5) is 0 Å². The van der Waals surface area contributed by atoms with Crippen LogP contribution in [0.2, 0.25) is 0 Å². The first kappa shape index (κ1) is 16.0. The third kappa shape index (κ3) is 2.12.